The monoisotopic (exact) mass is 251 g/mol. The Labute approximate surface area is 104 Å². The maximum absolute atomic E-state index is 5.94. The van der Waals surface area contributed by atoms with Crippen LogP contribution < -0.4 is 5.32 Å². The minimum absolute atomic E-state index is 0.208. The number of H-pyrrole nitrogens is 1. The zero-order chi connectivity index (χ0) is 11.7. The number of nitrogens with one attached hydrogen (secondary N) is 2. The third-order valence-electron chi connectivity index (χ3n) is 2.92. The van der Waals surface area contributed by atoms with Gasteiger partial charge in [-0.2, -0.15) is 0 Å². The number of benzene rings is 1. The maximum atomic E-state index is 5.94. The topological polar surface area (TPSA) is 49.9 Å². The SMILES string of the molecule is Clc1ccc2nc(CC3CNCCO3)[nH]c2c1. The van der Waals surface area contributed by atoms with Gasteiger partial charge < -0.3 is 15.0 Å². The Hall–Kier alpha value is -1.10. The largest absolute Gasteiger partial charge is 0.375 e. The highest BCUT2D eigenvalue weighted by atomic mass is 35.5. The first-order chi connectivity index (χ1) is 8.31. The van der Waals surface area contributed by atoms with Gasteiger partial charge in [0.05, 0.1) is 23.7 Å². The predicted molar refractivity (Wildman–Crippen MR) is 67.4 cm³/mol. The van der Waals surface area contributed by atoms with Crippen LogP contribution in [0.4, 0.5) is 0 Å². The number of nitrogens with zero attached hydrogens (tertiary/aromatic N) is 1. The number of hydrogen-bond donors (Lipinski definition) is 2. The van der Waals surface area contributed by atoms with E-state index in [0.717, 1.165) is 48.0 Å². The molecule has 4 nitrogen and oxygen atoms in total. The maximum Gasteiger partial charge on any atom is 0.109 e. The van der Waals surface area contributed by atoms with Gasteiger partial charge in [-0.05, 0) is 18.2 Å². The van der Waals surface area contributed by atoms with Gasteiger partial charge in [-0.3, -0.25) is 0 Å². The zero-order valence-electron chi connectivity index (χ0n) is 9.37. The molecule has 0 amide bonds. The van der Waals surface area contributed by atoms with Crippen LogP contribution in [-0.2, 0) is 11.2 Å². The molecular formula is C12H14ClN3O. The van der Waals surface area contributed by atoms with E-state index in [4.69, 9.17) is 16.3 Å². The summed E-state index contributed by atoms with van der Waals surface area (Å²) in [5.74, 6) is 0.955. The van der Waals surface area contributed by atoms with Crippen molar-refractivity contribution in [3.63, 3.8) is 0 Å². The lowest BCUT2D eigenvalue weighted by molar-refractivity contribution is 0.0282. The molecule has 90 valence electrons. The summed E-state index contributed by atoms with van der Waals surface area (Å²) in [6, 6.07) is 5.68. The van der Waals surface area contributed by atoms with Crippen molar-refractivity contribution in [2.24, 2.45) is 0 Å². The highest BCUT2D eigenvalue weighted by Crippen LogP contribution is 2.18. The van der Waals surface area contributed by atoms with Crippen molar-refractivity contribution >= 4 is 22.6 Å². The van der Waals surface area contributed by atoms with Crippen molar-refractivity contribution in [1.29, 1.82) is 0 Å². The lowest BCUT2D eigenvalue weighted by atomic mass is 10.2. The fraction of sp³-hybridized carbons (Fsp3) is 0.417. The van der Waals surface area contributed by atoms with E-state index in [1.54, 1.807) is 0 Å². The average Bonchev–Trinajstić information content (AvgIpc) is 2.71. The van der Waals surface area contributed by atoms with Crippen molar-refractivity contribution in [3.05, 3.63) is 29.0 Å². The summed E-state index contributed by atoms with van der Waals surface area (Å²) in [5.41, 5.74) is 1.93. The van der Waals surface area contributed by atoms with Crippen LogP contribution >= 0.6 is 11.6 Å². The third-order valence-corrected chi connectivity index (χ3v) is 3.15. The van der Waals surface area contributed by atoms with Crippen LogP contribution in [0.2, 0.25) is 5.02 Å². The molecule has 2 aromatic rings. The summed E-state index contributed by atoms with van der Waals surface area (Å²) in [4.78, 5) is 7.81. The van der Waals surface area contributed by atoms with Gasteiger partial charge in [-0.15, -0.1) is 0 Å². The Kier molecular flexibility index (Phi) is 3.01. The standard InChI is InChI=1S/C12H14ClN3O/c13-8-1-2-10-11(5-8)16-12(15-10)6-9-7-14-3-4-17-9/h1-2,5,9,14H,3-4,6-7H2,(H,15,16). The van der Waals surface area contributed by atoms with Crippen LogP contribution in [0.1, 0.15) is 5.82 Å². The molecule has 17 heavy (non-hydrogen) atoms. The molecule has 1 atom stereocenters. The molecule has 1 unspecified atom stereocenters. The van der Waals surface area contributed by atoms with Crippen molar-refractivity contribution in [1.82, 2.24) is 15.3 Å². The van der Waals surface area contributed by atoms with Crippen LogP contribution in [0.25, 0.3) is 11.0 Å². The van der Waals surface area contributed by atoms with E-state index in [1.165, 1.54) is 0 Å². The molecule has 2 heterocycles. The highest BCUT2D eigenvalue weighted by molar-refractivity contribution is 6.31. The molecule has 3 rings (SSSR count). The number of ether oxygens (including phenoxy) is 1. The normalized spacial score (nSPS) is 20.9. The van der Waals surface area contributed by atoms with Gasteiger partial charge in [0.15, 0.2) is 0 Å². The second-order valence-corrected chi connectivity index (χ2v) is 4.68. The Bertz CT molecular complexity index is 519. The van der Waals surface area contributed by atoms with E-state index >= 15 is 0 Å². The van der Waals surface area contributed by atoms with Crippen LogP contribution in [0, 0.1) is 0 Å². The van der Waals surface area contributed by atoms with Gasteiger partial charge in [0.1, 0.15) is 5.82 Å². The number of fused-ring (bicyclic) bond motifs is 1. The molecule has 1 aromatic carbocycles. The fourth-order valence-electron chi connectivity index (χ4n) is 2.10. The van der Waals surface area contributed by atoms with Gasteiger partial charge in [0, 0.05) is 24.5 Å². The van der Waals surface area contributed by atoms with Crippen LogP contribution in [0.3, 0.4) is 0 Å². The van der Waals surface area contributed by atoms with Crippen LogP contribution in [-0.4, -0.2) is 35.8 Å². The molecule has 2 N–H and O–H groups in total. The lowest BCUT2D eigenvalue weighted by Crippen LogP contribution is -2.39. The summed E-state index contributed by atoms with van der Waals surface area (Å²) in [7, 11) is 0. The Balaban J connectivity index is 1.80. The molecule has 0 saturated carbocycles. The first kappa shape index (κ1) is 11.0. The summed E-state index contributed by atoms with van der Waals surface area (Å²) < 4.78 is 5.65. The summed E-state index contributed by atoms with van der Waals surface area (Å²) in [5, 5.41) is 4.04. The van der Waals surface area contributed by atoms with Crippen molar-refractivity contribution < 1.29 is 4.74 Å². The lowest BCUT2D eigenvalue weighted by Gasteiger charge is -2.22. The molecule has 5 heteroatoms. The molecule has 1 aliphatic heterocycles. The average molecular weight is 252 g/mol. The Morgan fingerprint density at radius 3 is 3.24 bits per heavy atom. The smallest absolute Gasteiger partial charge is 0.109 e. The Morgan fingerprint density at radius 2 is 2.41 bits per heavy atom. The number of aromatic amines is 1. The molecule has 1 fully saturated rings. The van der Waals surface area contributed by atoms with Crippen molar-refractivity contribution in [2.75, 3.05) is 19.7 Å². The minimum Gasteiger partial charge on any atom is -0.375 e. The molecule has 0 aliphatic carbocycles. The fourth-order valence-corrected chi connectivity index (χ4v) is 2.27. The number of morpholine rings is 1. The van der Waals surface area contributed by atoms with Gasteiger partial charge in [0.25, 0.3) is 0 Å². The van der Waals surface area contributed by atoms with E-state index in [2.05, 4.69) is 15.3 Å². The summed E-state index contributed by atoms with van der Waals surface area (Å²) in [6.45, 7) is 2.60. The third kappa shape index (κ3) is 2.44. The molecule has 0 bridgehead atoms. The first-order valence-corrected chi connectivity index (χ1v) is 6.15. The molecule has 0 spiro atoms. The Morgan fingerprint density at radius 1 is 1.47 bits per heavy atom. The highest BCUT2D eigenvalue weighted by Gasteiger charge is 2.15. The predicted octanol–water partition coefficient (Wildman–Crippen LogP) is 1.75. The van der Waals surface area contributed by atoms with E-state index in [0.29, 0.717) is 0 Å². The summed E-state index contributed by atoms with van der Waals surface area (Å²) >= 11 is 5.94. The van der Waals surface area contributed by atoms with Crippen LogP contribution in [0.15, 0.2) is 18.2 Å². The molecule has 1 aliphatic rings. The molecule has 1 aromatic heterocycles. The second-order valence-electron chi connectivity index (χ2n) is 4.25. The zero-order valence-corrected chi connectivity index (χ0v) is 10.1. The van der Waals surface area contributed by atoms with E-state index < -0.39 is 0 Å². The number of hydrogen-bond acceptors (Lipinski definition) is 3. The number of rotatable bonds is 2. The van der Waals surface area contributed by atoms with Crippen molar-refractivity contribution in [3.8, 4) is 0 Å². The van der Waals surface area contributed by atoms with E-state index in [-0.39, 0.29) is 6.10 Å². The summed E-state index contributed by atoms with van der Waals surface area (Å²) in [6.07, 6.45) is 1.01. The van der Waals surface area contributed by atoms with Gasteiger partial charge in [0.2, 0.25) is 0 Å². The number of aromatic nitrogens is 2. The van der Waals surface area contributed by atoms with E-state index in [1.807, 2.05) is 18.2 Å². The second kappa shape index (κ2) is 4.64. The molecule has 1 saturated heterocycles. The minimum atomic E-state index is 0.208. The van der Waals surface area contributed by atoms with Gasteiger partial charge in [-0.1, -0.05) is 11.6 Å². The van der Waals surface area contributed by atoms with Crippen molar-refractivity contribution in [2.45, 2.75) is 12.5 Å². The first-order valence-electron chi connectivity index (χ1n) is 5.78. The van der Waals surface area contributed by atoms with E-state index in [9.17, 15) is 0 Å². The van der Waals surface area contributed by atoms with Crippen LogP contribution in [0.5, 0.6) is 0 Å². The quantitative estimate of drug-likeness (QED) is 0.855. The number of imidazole rings is 1. The van der Waals surface area contributed by atoms with Gasteiger partial charge >= 0.3 is 0 Å². The number of halogens is 1. The van der Waals surface area contributed by atoms with Gasteiger partial charge in [-0.25, -0.2) is 4.98 Å². The molecule has 0 radical (unpaired) electrons. The molecular weight excluding hydrogens is 238 g/mol.